The minimum Gasteiger partial charge on any atom is -0.497 e. The molecule has 3 rings (SSSR count). The van der Waals surface area contributed by atoms with Crippen LogP contribution in [0.3, 0.4) is 0 Å². The van der Waals surface area contributed by atoms with E-state index < -0.39 is 5.97 Å². The lowest BCUT2D eigenvalue weighted by atomic mass is 10.2. The lowest BCUT2D eigenvalue weighted by Gasteiger charge is -2.07. The van der Waals surface area contributed by atoms with Gasteiger partial charge >= 0.3 is 5.97 Å². The molecular weight excluding hydrogens is 436 g/mol. The minimum atomic E-state index is -0.432. The van der Waals surface area contributed by atoms with E-state index in [1.54, 1.807) is 20.1 Å². The monoisotopic (exact) mass is 460 g/mol. The van der Waals surface area contributed by atoms with Crippen LogP contribution in [-0.4, -0.2) is 46.1 Å². The number of carbonyl (C=O) groups is 2. The maximum Gasteiger partial charge on any atom is 0.341 e. The highest BCUT2D eigenvalue weighted by molar-refractivity contribution is 7.99. The topological polar surface area (TPSA) is 95.3 Å². The van der Waals surface area contributed by atoms with E-state index in [2.05, 4.69) is 15.5 Å². The number of carbonyl (C=O) groups excluding carboxylic acids is 2. The van der Waals surface area contributed by atoms with Crippen molar-refractivity contribution in [3.8, 4) is 17.1 Å². The van der Waals surface area contributed by atoms with E-state index in [4.69, 9.17) is 9.47 Å². The molecule has 2 heterocycles. The number of thiophene rings is 1. The molecule has 0 bridgehead atoms. The van der Waals surface area contributed by atoms with Gasteiger partial charge in [0.1, 0.15) is 10.8 Å². The molecule has 0 unspecified atom stereocenters. The van der Waals surface area contributed by atoms with Gasteiger partial charge in [-0.3, -0.25) is 4.79 Å². The van der Waals surface area contributed by atoms with Crippen molar-refractivity contribution in [1.82, 2.24) is 14.8 Å². The number of benzene rings is 1. The fourth-order valence-electron chi connectivity index (χ4n) is 2.79. The Morgan fingerprint density at radius 1 is 1.19 bits per heavy atom. The molecule has 0 aliphatic rings. The summed E-state index contributed by atoms with van der Waals surface area (Å²) >= 11 is 2.66. The first-order valence-electron chi connectivity index (χ1n) is 9.73. The highest BCUT2D eigenvalue weighted by Crippen LogP contribution is 2.30. The van der Waals surface area contributed by atoms with Gasteiger partial charge in [-0.25, -0.2) is 4.79 Å². The zero-order chi connectivity index (χ0) is 22.4. The van der Waals surface area contributed by atoms with Crippen LogP contribution in [0.2, 0.25) is 0 Å². The fraction of sp³-hybridized carbons (Fsp3) is 0.333. The summed E-state index contributed by atoms with van der Waals surface area (Å²) in [5.41, 5.74) is 1.29. The van der Waals surface area contributed by atoms with Gasteiger partial charge < -0.3 is 19.4 Å². The SMILES string of the molecule is CCOC(=O)c1cc(CC)sc1NC(=O)CSc1nnc(-c2ccc(OC)cc2)n1C. The van der Waals surface area contributed by atoms with Crippen molar-refractivity contribution in [2.45, 2.75) is 25.4 Å². The Morgan fingerprint density at radius 3 is 2.58 bits per heavy atom. The van der Waals surface area contributed by atoms with Gasteiger partial charge in [0.15, 0.2) is 11.0 Å². The summed E-state index contributed by atoms with van der Waals surface area (Å²) < 4.78 is 12.1. The first kappa shape index (κ1) is 22.8. The van der Waals surface area contributed by atoms with Crippen LogP contribution in [0.15, 0.2) is 35.5 Å². The average Bonchev–Trinajstić information content (AvgIpc) is 3.35. The standard InChI is InChI=1S/C21H24N4O4S2/c1-5-15-11-16(20(27)29-6-2)19(31-15)22-17(26)12-30-21-24-23-18(25(21)3)13-7-9-14(28-4)10-8-13/h7-11H,5-6,12H2,1-4H3,(H,22,26). The van der Waals surface area contributed by atoms with Gasteiger partial charge in [-0.15, -0.1) is 21.5 Å². The molecule has 1 N–H and O–H groups in total. The molecule has 1 amide bonds. The number of rotatable bonds is 9. The Labute approximate surface area is 189 Å². The van der Waals surface area contributed by atoms with E-state index in [-0.39, 0.29) is 18.3 Å². The summed E-state index contributed by atoms with van der Waals surface area (Å²) in [4.78, 5) is 25.7. The number of amides is 1. The third-order valence-electron chi connectivity index (χ3n) is 4.40. The summed E-state index contributed by atoms with van der Waals surface area (Å²) in [5, 5.41) is 12.4. The van der Waals surface area contributed by atoms with Crippen LogP contribution >= 0.6 is 23.1 Å². The highest BCUT2D eigenvalue weighted by Gasteiger charge is 2.19. The second-order valence-electron chi connectivity index (χ2n) is 6.46. The van der Waals surface area contributed by atoms with Gasteiger partial charge in [-0.2, -0.15) is 0 Å². The molecule has 0 atom stereocenters. The Hall–Kier alpha value is -2.85. The lowest BCUT2D eigenvalue weighted by molar-refractivity contribution is -0.113. The molecule has 8 nitrogen and oxygen atoms in total. The van der Waals surface area contributed by atoms with Crippen LogP contribution in [-0.2, 0) is 23.0 Å². The predicted molar refractivity (Wildman–Crippen MR) is 122 cm³/mol. The number of aryl methyl sites for hydroxylation is 1. The number of nitrogens with zero attached hydrogens (tertiary/aromatic N) is 3. The molecule has 31 heavy (non-hydrogen) atoms. The molecule has 10 heteroatoms. The first-order valence-corrected chi connectivity index (χ1v) is 11.5. The van der Waals surface area contributed by atoms with Crippen molar-refractivity contribution in [1.29, 1.82) is 0 Å². The molecule has 0 saturated carbocycles. The molecule has 0 aliphatic carbocycles. The van der Waals surface area contributed by atoms with Gasteiger partial charge in [0.2, 0.25) is 5.91 Å². The molecule has 0 fully saturated rings. The second kappa shape index (κ2) is 10.5. The number of thioether (sulfide) groups is 1. The maximum atomic E-state index is 12.5. The summed E-state index contributed by atoms with van der Waals surface area (Å²) in [6.45, 7) is 4.03. The molecule has 0 radical (unpaired) electrons. The molecule has 1 aromatic carbocycles. The average molecular weight is 461 g/mol. The van der Waals surface area contributed by atoms with Crippen molar-refractivity contribution in [2.75, 3.05) is 24.8 Å². The van der Waals surface area contributed by atoms with E-state index in [0.29, 0.717) is 21.5 Å². The molecule has 0 aliphatic heterocycles. The Kier molecular flexibility index (Phi) is 7.69. The largest absolute Gasteiger partial charge is 0.497 e. The predicted octanol–water partition coefficient (Wildman–Crippen LogP) is 4.02. The van der Waals surface area contributed by atoms with Gasteiger partial charge in [0, 0.05) is 17.5 Å². The molecule has 164 valence electrons. The van der Waals surface area contributed by atoms with E-state index in [0.717, 1.165) is 22.6 Å². The van der Waals surface area contributed by atoms with E-state index in [1.807, 2.05) is 42.8 Å². The lowest BCUT2D eigenvalue weighted by Crippen LogP contribution is -2.16. The van der Waals surface area contributed by atoms with Crippen LogP contribution in [0.5, 0.6) is 5.75 Å². The Morgan fingerprint density at radius 2 is 1.94 bits per heavy atom. The maximum absolute atomic E-state index is 12.5. The van der Waals surface area contributed by atoms with E-state index in [1.165, 1.54) is 23.1 Å². The second-order valence-corrected chi connectivity index (χ2v) is 8.54. The number of anilines is 1. The number of esters is 1. The van der Waals surface area contributed by atoms with Crippen molar-refractivity contribution in [3.63, 3.8) is 0 Å². The third kappa shape index (κ3) is 5.45. The van der Waals surface area contributed by atoms with Gasteiger partial charge in [-0.1, -0.05) is 18.7 Å². The van der Waals surface area contributed by atoms with Crippen molar-refractivity contribution in [3.05, 3.63) is 40.8 Å². The number of ether oxygens (including phenoxy) is 2. The number of nitrogens with one attached hydrogen (secondary N) is 1. The molecule has 0 spiro atoms. The van der Waals surface area contributed by atoms with Crippen LogP contribution < -0.4 is 10.1 Å². The normalized spacial score (nSPS) is 10.7. The van der Waals surface area contributed by atoms with Gasteiger partial charge in [0.05, 0.1) is 25.0 Å². The number of methoxy groups -OCH3 is 1. The van der Waals surface area contributed by atoms with Crippen LogP contribution in [0.4, 0.5) is 5.00 Å². The zero-order valence-corrected chi connectivity index (χ0v) is 19.4. The van der Waals surface area contributed by atoms with Crippen molar-refractivity contribution >= 4 is 40.0 Å². The van der Waals surface area contributed by atoms with E-state index in [9.17, 15) is 9.59 Å². The molecule has 3 aromatic rings. The van der Waals surface area contributed by atoms with Gasteiger partial charge in [0.25, 0.3) is 0 Å². The summed E-state index contributed by atoms with van der Waals surface area (Å²) in [6, 6.07) is 9.30. The Bertz CT molecular complexity index is 1060. The van der Waals surface area contributed by atoms with Crippen molar-refractivity contribution < 1.29 is 19.1 Å². The third-order valence-corrected chi connectivity index (χ3v) is 6.61. The summed E-state index contributed by atoms with van der Waals surface area (Å²) in [6.07, 6.45) is 0.773. The first-order chi connectivity index (χ1) is 15.0. The Balaban J connectivity index is 1.66. The van der Waals surface area contributed by atoms with Crippen LogP contribution in [0.1, 0.15) is 29.1 Å². The van der Waals surface area contributed by atoms with Gasteiger partial charge in [-0.05, 0) is 43.7 Å². The number of hydrogen-bond acceptors (Lipinski definition) is 8. The molecule has 0 saturated heterocycles. The van der Waals surface area contributed by atoms with E-state index >= 15 is 0 Å². The summed E-state index contributed by atoms with van der Waals surface area (Å²) in [5.74, 6) is 0.934. The number of hydrogen-bond donors (Lipinski definition) is 1. The van der Waals surface area contributed by atoms with Crippen LogP contribution in [0, 0.1) is 0 Å². The molecule has 2 aromatic heterocycles. The fourth-order valence-corrected chi connectivity index (χ4v) is 4.51. The minimum absolute atomic E-state index is 0.135. The number of aromatic nitrogens is 3. The zero-order valence-electron chi connectivity index (χ0n) is 17.8. The molecular formula is C21H24N4O4S2. The summed E-state index contributed by atoms with van der Waals surface area (Å²) in [7, 11) is 3.47. The van der Waals surface area contributed by atoms with Crippen LogP contribution in [0.25, 0.3) is 11.4 Å². The smallest absolute Gasteiger partial charge is 0.341 e. The highest BCUT2D eigenvalue weighted by atomic mass is 32.2. The quantitative estimate of drug-likeness (QED) is 0.381. The van der Waals surface area contributed by atoms with Crippen molar-refractivity contribution in [2.24, 2.45) is 7.05 Å².